The molecule has 4 heterocycles. The first-order valence-corrected chi connectivity index (χ1v) is 10.5. The van der Waals surface area contributed by atoms with Crippen molar-refractivity contribution in [3.63, 3.8) is 0 Å². The minimum atomic E-state index is -4.44. The lowest BCUT2D eigenvalue weighted by Gasteiger charge is -2.49. The highest BCUT2D eigenvalue weighted by molar-refractivity contribution is 7.99. The second-order valence-corrected chi connectivity index (χ2v) is 8.76. The Morgan fingerprint density at radius 2 is 1.76 bits per heavy atom. The molecule has 1 amide bonds. The summed E-state index contributed by atoms with van der Waals surface area (Å²) < 4.78 is 37.8. The number of aromatic nitrogens is 1. The van der Waals surface area contributed by atoms with Gasteiger partial charge in [0, 0.05) is 33.6 Å². The molecule has 3 aliphatic heterocycles. The zero-order valence-electron chi connectivity index (χ0n) is 15.9. The summed E-state index contributed by atoms with van der Waals surface area (Å²) in [6.07, 6.45) is -0.967. The molecule has 1 N–H and O–H groups in total. The standard InChI is InChI=1S/C21H22F3N3OS/c1-13-19(14-8-10-27(13)11-9-14)26-20(28)15-2-4-16(5-3-15)29-17-6-7-18(25-12-17)21(22,23)24/h2-7,12-14,19H,8-11H2,1H3,(H,26,28). The molecule has 2 aromatic rings. The van der Waals surface area contributed by atoms with Gasteiger partial charge in [0.25, 0.3) is 5.91 Å². The van der Waals surface area contributed by atoms with Crippen LogP contribution in [0.15, 0.2) is 52.4 Å². The van der Waals surface area contributed by atoms with Crippen molar-refractivity contribution < 1.29 is 18.0 Å². The Morgan fingerprint density at radius 1 is 1.10 bits per heavy atom. The number of pyridine rings is 1. The van der Waals surface area contributed by atoms with Crippen LogP contribution >= 0.6 is 11.8 Å². The van der Waals surface area contributed by atoms with E-state index < -0.39 is 11.9 Å². The average Bonchev–Trinajstić information content (AvgIpc) is 2.71. The number of nitrogens with zero attached hydrogens (tertiary/aromatic N) is 2. The lowest BCUT2D eigenvalue weighted by Crippen LogP contribution is -2.62. The highest BCUT2D eigenvalue weighted by Crippen LogP contribution is 2.33. The van der Waals surface area contributed by atoms with Gasteiger partial charge in [0.15, 0.2) is 0 Å². The molecule has 5 rings (SSSR count). The Morgan fingerprint density at radius 3 is 2.31 bits per heavy atom. The predicted octanol–water partition coefficient (Wildman–Crippen LogP) is 4.46. The molecule has 3 saturated heterocycles. The van der Waals surface area contributed by atoms with Crippen molar-refractivity contribution in [1.82, 2.24) is 15.2 Å². The Bertz CT molecular complexity index is 860. The number of piperidine rings is 3. The molecule has 1 aromatic carbocycles. The molecular formula is C21H22F3N3OS. The lowest BCUT2D eigenvalue weighted by molar-refractivity contribution is -0.141. The molecule has 29 heavy (non-hydrogen) atoms. The second kappa shape index (κ2) is 7.99. The van der Waals surface area contributed by atoms with Crippen LogP contribution < -0.4 is 5.32 Å². The Labute approximate surface area is 171 Å². The number of nitrogens with one attached hydrogen (secondary N) is 1. The summed E-state index contributed by atoms with van der Waals surface area (Å²) in [7, 11) is 0. The molecule has 8 heteroatoms. The van der Waals surface area contributed by atoms with Crippen LogP contribution in [0.2, 0.25) is 0 Å². The monoisotopic (exact) mass is 421 g/mol. The zero-order valence-corrected chi connectivity index (χ0v) is 16.8. The first kappa shape index (κ1) is 20.2. The predicted molar refractivity (Wildman–Crippen MR) is 105 cm³/mol. The third kappa shape index (κ3) is 4.43. The van der Waals surface area contributed by atoms with Gasteiger partial charge in [-0.05, 0) is 75.2 Å². The average molecular weight is 421 g/mol. The number of alkyl halides is 3. The molecule has 2 atom stereocenters. The van der Waals surface area contributed by atoms with E-state index in [9.17, 15) is 18.0 Å². The summed E-state index contributed by atoms with van der Waals surface area (Å²) in [5.41, 5.74) is -0.320. The Balaban J connectivity index is 1.38. The number of benzene rings is 1. The highest BCUT2D eigenvalue weighted by Gasteiger charge is 2.40. The first-order valence-electron chi connectivity index (χ1n) is 9.67. The van der Waals surface area contributed by atoms with Gasteiger partial charge in [-0.25, -0.2) is 0 Å². The fourth-order valence-electron chi connectivity index (χ4n) is 4.20. The zero-order chi connectivity index (χ0) is 20.6. The van der Waals surface area contributed by atoms with Gasteiger partial charge in [-0.3, -0.25) is 14.7 Å². The first-order chi connectivity index (χ1) is 13.8. The number of carbonyl (C=O) groups excluding carboxylic acids is 1. The SMILES string of the molecule is CC1C(NC(=O)c2ccc(Sc3ccc(C(F)(F)F)nc3)cc2)C2CCN1CC2. The molecule has 0 spiro atoms. The normalized spacial score (nSPS) is 26.3. The van der Waals surface area contributed by atoms with E-state index in [0.29, 0.717) is 22.4 Å². The number of fused-ring (bicyclic) bond motifs is 3. The van der Waals surface area contributed by atoms with Gasteiger partial charge in [-0.1, -0.05) is 11.8 Å². The quantitative estimate of drug-likeness (QED) is 0.792. The van der Waals surface area contributed by atoms with Crippen molar-refractivity contribution in [2.24, 2.45) is 5.92 Å². The maximum absolute atomic E-state index is 12.7. The van der Waals surface area contributed by atoms with Crippen molar-refractivity contribution in [2.75, 3.05) is 13.1 Å². The van der Waals surface area contributed by atoms with Gasteiger partial charge in [-0.15, -0.1) is 0 Å². The smallest absolute Gasteiger partial charge is 0.347 e. The minimum absolute atomic E-state index is 0.0802. The second-order valence-electron chi connectivity index (χ2n) is 7.62. The molecule has 1 aromatic heterocycles. The van der Waals surface area contributed by atoms with E-state index in [1.165, 1.54) is 24.0 Å². The number of halogens is 3. The summed E-state index contributed by atoms with van der Waals surface area (Å²) in [5, 5.41) is 3.20. The van der Waals surface area contributed by atoms with Gasteiger partial charge in [0.1, 0.15) is 5.69 Å². The molecule has 0 aliphatic carbocycles. The van der Waals surface area contributed by atoms with Crippen LogP contribution in [0.25, 0.3) is 0 Å². The minimum Gasteiger partial charge on any atom is -0.347 e. The van der Waals surface area contributed by atoms with E-state index in [0.717, 1.165) is 36.9 Å². The van der Waals surface area contributed by atoms with Gasteiger partial charge >= 0.3 is 6.18 Å². The van der Waals surface area contributed by atoms with Crippen LogP contribution in [0.3, 0.4) is 0 Å². The Hall–Kier alpha value is -2.06. The van der Waals surface area contributed by atoms with Gasteiger partial charge < -0.3 is 5.32 Å². The summed E-state index contributed by atoms with van der Waals surface area (Å²) in [6.45, 7) is 4.40. The number of amides is 1. The van der Waals surface area contributed by atoms with Crippen molar-refractivity contribution >= 4 is 17.7 Å². The van der Waals surface area contributed by atoms with E-state index >= 15 is 0 Å². The third-order valence-electron chi connectivity index (χ3n) is 5.85. The third-order valence-corrected chi connectivity index (χ3v) is 6.84. The molecule has 3 aliphatic rings. The molecule has 3 fully saturated rings. The summed E-state index contributed by atoms with van der Waals surface area (Å²) >= 11 is 1.30. The fourth-order valence-corrected chi connectivity index (χ4v) is 4.98. The lowest BCUT2D eigenvalue weighted by atomic mass is 9.79. The number of hydrogen-bond acceptors (Lipinski definition) is 4. The van der Waals surface area contributed by atoms with E-state index in [-0.39, 0.29) is 11.9 Å². The van der Waals surface area contributed by atoms with Gasteiger partial charge in [-0.2, -0.15) is 13.2 Å². The van der Waals surface area contributed by atoms with Crippen LogP contribution in [-0.2, 0) is 6.18 Å². The van der Waals surface area contributed by atoms with E-state index in [2.05, 4.69) is 22.1 Å². The summed E-state index contributed by atoms with van der Waals surface area (Å²) in [6, 6.07) is 10.0. The molecule has 0 radical (unpaired) electrons. The molecule has 154 valence electrons. The molecule has 2 bridgehead atoms. The van der Waals surface area contributed by atoms with Crippen LogP contribution in [0.1, 0.15) is 35.8 Å². The number of hydrogen-bond donors (Lipinski definition) is 1. The van der Waals surface area contributed by atoms with Crippen molar-refractivity contribution in [3.8, 4) is 0 Å². The summed E-state index contributed by atoms with van der Waals surface area (Å²) in [4.78, 5) is 20.0. The van der Waals surface area contributed by atoms with Crippen molar-refractivity contribution in [1.29, 1.82) is 0 Å². The van der Waals surface area contributed by atoms with Crippen molar-refractivity contribution in [3.05, 3.63) is 53.9 Å². The maximum atomic E-state index is 12.7. The van der Waals surface area contributed by atoms with E-state index in [4.69, 9.17) is 0 Å². The van der Waals surface area contributed by atoms with Crippen LogP contribution in [0.5, 0.6) is 0 Å². The molecule has 4 nitrogen and oxygen atoms in total. The highest BCUT2D eigenvalue weighted by atomic mass is 32.2. The maximum Gasteiger partial charge on any atom is 0.433 e. The number of carbonyl (C=O) groups is 1. The molecular weight excluding hydrogens is 399 g/mol. The fraction of sp³-hybridized carbons (Fsp3) is 0.429. The molecule has 2 unspecified atom stereocenters. The van der Waals surface area contributed by atoms with Crippen LogP contribution in [0.4, 0.5) is 13.2 Å². The van der Waals surface area contributed by atoms with Crippen molar-refractivity contribution in [2.45, 2.75) is 47.8 Å². The van der Waals surface area contributed by atoms with Crippen LogP contribution in [0, 0.1) is 5.92 Å². The van der Waals surface area contributed by atoms with Gasteiger partial charge in [0.2, 0.25) is 0 Å². The Kier molecular flexibility index (Phi) is 5.57. The van der Waals surface area contributed by atoms with Crippen LogP contribution in [-0.4, -0.2) is 41.0 Å². The largest absolute Gasteiger partial charge is 0.433 e. The van der Waals surface area contributed by atoms with E-state index in [1.54, 1.807) is 24.3 Å². The topological polar surface area (TPSA) is 45.2 Å². The summed E-state index contributed by atoms with van der Waals surface area (Å²) in [5.74, 6) is 0.462. The number of rotatable bonds is 4. The molecule has 0 saturated carbocycles. The van der Waals surface area contributed by atoms with E-state index in [1.807, 2.05) is 0 Å². The van der Waals surface area contributed by atoms with Gasteiger partial charge in [0.05, 0.1) is 0 Å².